The van der Waals surface area contributed by atoms with Gasteiger partial charge in [-0.15, -0.1) is 11.8 Å². The Morgan fingerprint density at radius 2 is 2.22 bits per heavy atom. The van der Waals surface area contributed by atoms with Gasteiger partial charge in [-0.2, -0.15) is 0 Å². The summed E-state index contributed by atoms with van der Waals surface area (Å²) in [6.45, 7) is 0. The van der Waals surface area contributed by atoms with E-state index in [0.29, 0.717) is 16.5 Å². The highest BCUT2D eigenvalue weighted by Crippen LogP contribution is 2.30. The Morgan fingerprint density at radius 1 is 1.50 bits per heavy atom. The fraction of sp³-hybridized carbons (Fsp3) is 0.417. The number of hydrogen-bond acceptors (Lipinski definition) is 4. The zero-order chi connectivity index (χ0) is 13.5. The van der Waals surface area contributed by atoms with Crippen LogP contribution in [-0.2, 0) is 9.53 Å². The third-order valence-corrected chi connectivity index (χ3v) is 4.16. The van der Waals surface area contributed by atoms with Crippen molar-refractivity contribution in [3.63, 3.8) is 0 Å². The second kappa shape index (κ2) is 7.89. The van der Waals surface area contributed by atoms with Crippen molar-refractivity contribution in [1.82, 2.24) is 5.32 Å². The van der Waals surface area contributed by atoms with Gasteiger partial charge in [0, 0.05) is 15.7 Å². The molecule has 1 aromatic rings. The Morgan fingerprint density at radius 3 is 2.83 bits per heavy atom. The number of halogens is 2. The van der Waals surface area contributed by atoms with Gasteiger partial charge in [-0.3, -0.25) is 4.79 Å². The molecule has 0 aliphatic rings. The summed E-state index contributed by atoms with van der Waals surface area (Å²) < 4.78 is 4.69. The number of rotatable bonds is 6. The van der Waals surface area contributed by atoms with Gasteiger partial charge in [0.05, 0.1) is 12.1 Å². The number of carbonyl (C=O) groups excluding carboxylic acids is 1. The van der Waals surface area contributed by atoms with Gasteiger partial charge in [0.15, 0.2) is 0 Å². The van der Waals surface area contributed by atoms with Crippen molar-refractivity contribution in [2.75, 3.05) is 19.9 Å². The summed E-state index contributed by atoms with van der Waals surface area (Å²) in [5.41, 5.74) is 0. The first-order valence-corrected chi connectivity index (χ1v) is 7.15. The molecule has 0 bridgehead atoms. The molecule has 0 radical (unpaired) electrons. The standard InChI is InChI=1S/C12H15Cl2NO2S/c1-15-10(12(16)17-2)5-6-18-11-7-8(13)3-4-9(11)14/h3-4,7,10,15H,5-6H2,1-2H3. The van der Waals surface area contributed by atoms with Crippen LogP contribution in [0.15, 0.2) is 23.1 Å². The first kappa shape index (κ1) is 15.6. The van der Waals surface area contributed by atoms with Crippen LogP contribution in [0, 0.1) is 0 Å². The summed E-state index contributed by atoms with van der Waals surface area (Å²) in [6, 6.07) is 5.04. The Labute approximate surface area is 121 Å². The van der Waals surface area contributed by atoms with Gasteiger partial charge >= 0.3 is 5.97 Å². The molecule has 1 atom stereocenters. The summed E-state index contributed by atoms with van der Waals surface area (Å²) >= 11 is 13.5. The second-order valence-electron chi connectivity index (χ2n) is 3.58. The van der Waals surface area contributed by atoms with Crippen molar-refractivity contribution in [2.24, 2.45) is 0 Å². The molecule has 1 aromatic carbocycles. The quantitative estimate of drug-likeness (QED) is 0.647. The fourth-order valence-corrected chi connectivity index (χ4v) is 2.90. The van der Waals surface area contributed by atoms with Crippen LogP contribution in [0.25, 0.3) is 0 Å². The van der Waals surface area contributed by atoms with E-state index in [0.717, 1.165) is 10.6 Å². The first-order chi connectivity index (χ1) is 8.58. The molecule has 0 aromatic heterocycles. The van der Waals surface area contributed by atoms with Gasteiger partial charge in [0.1, 0.15) is 6.04 Å². The van der Waals surface area contributed by atoms with E-state index in [1.807, 2.05) is 6.07 Å². The lowest BCUT2D eigenvalue weighted by Crippen LogP contribution is -2.35. The number of methoxy groups -OCH3 is 1. The number of benzene rings is 1. The van der Waals surface area contributed by atoms with E-state index in [4.69, 9.17) is 27.9 Å². The molecule has 1 N–H and O–H groups in total. The lowest BCUT2D eigenvalue weighted by Gasteiger charge is -2.13. The maximum absolute atomic E-state index is 11.4. The number of carbonyl (C=O) groups is 1. The van der Waals surface area contributed by atoms with E-state index < -0.39 is 0 Å². The van der Waals surface area contributed by atoms with Crippen LogP contribution >= 0.6 is 35.0 Å². The van der Waals surface area contributed by atoms with E-state index in [1.54, 1.807) is 30.9 Å². The van der Waals surface area contributed by atoms with Gasteiger partial charge in [-0.05, 0) is 31.7 Å². The Kier molecular flexibility index (Phi) is 6.86. The lowest BCUT2D eigenvalue weighted by atomic mass is 10.2. The number of esters is 1. The maximum Gasteiger partial charge on any atom is 0.322 e. The lowest BCUT2D eigenvalue weighted by molar-refractivity contribution is -0.143. The molecule has 0 spiro atoms. The third-order valence-electron chi connectivity index (χ3n) is 2.39. The van der Waals surface area contributed by atoms with Crippen LogP contribution in [0.2, 0.25) is 10.0 Å². The van der Waals surface area contributed by atoms with Crippen molar-refractivity contribution in [3.8, 4) is 0 Å². The van der Waals surface area contributed by atoms with E-state index in [9.17, 15) is 4.79 Å². The van der Waals surface area contributed by atoms with Gasteiger partial charge in [0.2, 0.25) is 0 Å². The molecule has 0 fully saturated rings. The molecular formula is C12H15Cl2NO2S. The summed E-state index contributed by atoms with van der Waals surface area (Å²) in [4.78, 5) is 12.3. The van der Waals surface area contributed by atoms with Crippen molar-refractivity contribution in [3.05, 3.63) is 28.2 Å². The summed E-state index contributed by atoms with van der Waals surface area (Å²) in [5, 5.41) is 4.24. The number of nitrogens with one attached hydrogen (secondary N) is 1. The van der Waals surface area contributed by atoms with Crippen LogP contribution in [0.4, 0.5) is 0 Å². The zero-order valence-electron chi connectivity index (χ0n) is 10.2. The molecule has 0 saturated heterocycles. The van der Waals surface area contributed by atoms with Gasteiger partial charge < -0.3 is 10.1 Å². The van der Waals surface area contributed by atoms with Crippen LogP contribution in [0.5, 0.6) is 0 Å². The SMILES string of the molecule is CNC(CCSc1cc(Cl)ccc1Cl)C(=O)OC. The van der Waals surface area contributed by atoms with E-state index >= 15 is 0 Å². The summed E-state index contributed by atoms with van der Waals surface area (Å²) in [5.74, 6) is 0.496. The van der Waals surface area contributed by atoms with Crippen molar-refractivity contribution >= 4 is 40.9 Å². The minimum absolute atomic E-state index is 0.254. The molecule has 100 valence electrons. The molecule has 0 aliphatic heterocycles. The van der Waals surface area contributed by atoms with Crippen LogP contribution in [0.1, 0.15) is 6.42 Å². The van der Waals surface area contributed by atoms with Crippen LogP contribution in [0.3, 0.4) is 0 Å². The average Bonchev–Trinajstić information content (AvgIpc) is 2.37. The topological polar surface area (TPSA) is 38.3 Å². The van der Waals surface area contributed by atoms with E-state index in [1.165, 1.54) is 7.11 Å². The third kappa shape index (κ3) is 4.69. The number of ether oxygens (including phenoxy) is 1. The van der Waals surface area contributed by atoms with E-state index in [2.05, 4.69) is 5.32 Å². The largest absolute Gasteiger partial charge is 0.468 e. The van der Waals surface area contributed by atoms with Gasteiger partial charge in [-0.1, -0.05) is 23.2 Å². The zero-order valence-corrected chi connectivity index (χ0v) is 12.5. The molecule has 6 heteroatoms. The predicted molar refractivity (Wildman–Crippen MR) is 76.7 cm³/mol. The first-order valence-electron chi connectivity index (χ1n) is 5.41. The smallest absolute Gasteiger partial charge is 0.322 e. The second-order valence-corrected chi connectivity index (χ2v) is 5.56. The number of thioether (sulfide) groups is 1. The number of hydrogen-bond donors (Lipinski definition) is 1. The normalized spacial score (nSPS) is 12.2. The highest BCUT2D eigenvalue weighted by Gasteiger charge is 2.16. The molecule has 0 heterocycles. The van der Waals surface area contributed by atoms with Crippen molar-refractivity contribution < 1.29 is 9.53 Å². The Balaban J connectivity index is 2.50. The average molecular weight is 308 g/mol. The Bertz CT molecular complexity index is 415. The van der Waals surface area contributed by atoms with Gasteiger partial charge in [0.25, 0.3) is 0 Å². The van der Waals surface area contributed by atoms with Crippen LogP contribution in [-0.4, -0.2) is 31.9 Å². The molecule has 3 nitrogen and oxygen atoms in total. The maximum atomic E-state index is 11.4. The molecule has 1 rings (SSSR count). The van der Waals surface area contributed by atoms with Crippen molar-refractivity contribution in [1.29, 1.82) is 0 Å². The van der Waals surface area contributed by atoms with Crippen LogP contribution < -0.4 is 5.32 Å². The molecule has 0 saturated carbocycles. The minimum atomic E-state index is -0.291. The predicted octanol–water partition coefficient (Wildman–Crippen LogP) is 3.24. The highest BCUT2D eigenvalue weighted by molar-refractivity contribution is 7.99. The monoisotopic (exact) mass is 307 g/mol. The van der Waals surface area contributed by atoms with E-state index in [-0.39, 0.29) is 12.0 Å². The molecule has 1 unspecified atom stereocenters. The molecule has 18 heavy (non-hydrogen) atoms. The molecule has 0 aliphatic carbocycles. The summed E-state index contributed by atoms with van der Waals surface area (Å²) in [6.07, 6.45) is 0.663. The Hall–Kier alpha value is -0.420. The fourth-order valence-electron chi connectivity index (χ4n) is 1.40. The van der Waals surface area contributed by atoms with Crippen molar-refractivity contribution in [2.45, 2.75) is 17.4 Å². The summed E-state index contributed by atoms with van der Waals surface area (Å²) in [7, 11) is 3.12. The number of likely N-dealkylation sites (N-methyl/N-ethyl adjacent to an activating group) is 1. The minimum Gasteiger partial charge on any atom is -0.468 e. The molecule has 0 amide bonds. The highest BCUT2D eigenvalue weighted by atomic mass is 35.5. The van der Waals surface area contributed by atoms with Gasteiger partial charge in [-0.25, -0.2) is 0 Å². The molecular weight excluding hydrogens is 293 g/mol.